The molecule has 0 amide bonds. The minimum Gasteiger partial charge on any atom is -0.298 e. The van der Waals surface area contributed by atoms with Crippen LogP contribution in [-0.4, -0.2) is 11.3 Å². The number of carbonyl (C=O) groups excluding carboxylic acids is 1. The van der Waals surface area contributed by atoms with Crippen LogP contribution in [0.2, 0.25) is 0 Å². The Labute approximate surface area is 74.0 Å². The van der Waals surface area contributed by atoms with Crippen LogP contribution in [0.5, 0.6) is 0 Å². The highest BCUT2D eigenvalue weighted by Gasteiger charge is 1.97. The van der Waals surface area contributed by atoms with Gasteiger partial charge in [-0.3, -0.25) is 4.79 Å². The molecular weight excluding hydrogens is 169 g/mol. The van der Waals surface area contributed by atoms with E-state index in [2.05, 4.69) is 4.98 Å². The van der Waals surface area contributed by atoms with Crippen LogP contribution in [-0.2, 0) is 0 Å². The molecule has 13 heavy (non-hydrogen) atoms. The Morgan fingerprint density at radius 3 is 2.85 bits per heavy atom. The zero-order chi connectivity index (χ0) is 9.26. The molecule has 2 aromatic rings. The van der Waals surface area contributed by atoms with Gasteiger partial charge >= 0.3 is 0 Å². The number of hydrogen-bond donors (Lipinski definition) is 0. The lowest BCUT2D eigenvalue weighted by Gasteiger charge is -1.96. The van der Waals surface area contributed by atoms with Gasteiger partial charge in [0.15, 0.2) is 0 Å². The highest BCUT2D eigenvalue weighted by molar-refractivity contribution is 5.86. The summed E-state index contributed by atoms with van der Waals surface area (Å²) in [5, 5.41) is 0.769. The first-order valence-corrected chi connectivity index (χ1v) is 3.81. The molecule has 3 heteroatoms. The Kier molecular flexibility index (Phi) is 1.77. The Balaban J connectivity index is 2.73. The molecule has 0 saturated heterocycles. The molecule has 64 valence electrons. The predicted molar refractivity (Wildman–Crippen MR) is 47.1 cm³/mol. The molecule has 1 aromatic heterocycles. The molecule has 0 bridgehead atoms. The normalized spacial score (nSPS) is 10.2. The van der Waals surface area contributed by atoms with Crippen molar-refractivity contribution in [3.8, 4) is 0 Å². The minimum absolute atomic E-state index is 0.508. The molecule has 0 aliphatic rings. The van der Waals surface area contributed by atoms with E-state index in [0.29, 0.717) is 11.1 Å². The van der Waals surface area contributed by atoms with Crippen molar-refractivity contribution in [1.82, 2.24) is 4.98 Å². The van der Waals surface area contributed by atoms with Gasteiger partial charge in [0.05, 0.1) is 5.52 Å². The number of pyridine rings is 1. The van der Waals surface area contributed by atoms with E-state index in [4.69, 9.17) is 0 Å². The number of fused-ring (bicyclic) bond motifs is 1. The van der Waals surface area contributed by atoms with Crippen LogP contribution in [0.15, 0.2) is 30.3 Å². The first-order chi connectivity index (χ1) is 6.29. The quantitative estimate of drug-likeness (QED) is 0.491. The third kappa shape index (κ3) is 1.40. The van der Waals surface area contributed by atoms with E-state index in [1.54, 1.807) is 24.3 Å². The van der Waals surface area contributed by atoms with Gasteiger partial charge in [-0.1, -0.05) is 0 Å². The zero-order valence-corrected chi connectivity index (χ0v) is 6.70. The van der Waals surface area contributed by atoms with Crippen LogP contribution < -0.4 is 0 Å². The molecule has 0 fully saturated rings. The van der Waals surface area contributed by atoms with Gasteiger partial charge in [0.1, 0.15) is 6.29 Å². The lowest BCUT2D eigenvalue weighted by Crippen LogP contribution is -1.85. The topological polar surface area (TPSA) is 30.0 Å². The van der Waals surface area contributed by atoms with E-state index in [-0.39, 0.29) is 0 Å². The van der Waals surface area contributed by atoms with Crippen LogP contribution in [0, 0.1) is 5.95 Å². The Hall–Kier alpha value is -1.77. The lowest BCUT2D eigenvalue weighted by molar-refractivity contribution is 0.112. The third-order valence-corrected chi connectivity index (χ3v) is 1.82. The minimum atomic E-state index is -0.508. The van der Waals surface area contributed by atoms with Crippen LogP contribution in [0.1, 0.15) is 10.4 Å². The average molecular weight is 175 g/mol. The van der Waals surface area contributed by atoms with Gasteiger partial charge in [0.25, 0.3) is 0 Å². The summed E-state index contributed by atoms with van der Waals surface area (Å²) in [6.07, 6.45) is 0.753. The second-order valence-corrected chi connectivity index (χ2v) is 2.70. The summed E-state index contributed by atoms with van der Waals surface area (Å²) < 4.78 is 12.6. The Morgan fingerprint density at radius 1 is 1.23 bits per heavy atom. The molecule has 1 aromatic carbocycles. The standard InChI is InChI=1S/C10H6FNO/c11-10-4-2-8-5-7(6-13)1-3-9(8)12-10/h1-6H. The molecule has 0 radical (unpaired) electrons. The van der Waals surface area contributed by atoms with Crippen LogP contribution in [0.4, 0.5) is 4.39 Å². The smallest absolute Gasteiger partial charge is 0.213 e. The first-order valence-electron chi connectivity index (χ1n) is 3.81. The summed E-state index contributed by atoms with van der Waals surface area (Å²) in [6.45, 7) is 0. The molecule has 0 atom stereocenters. The van der Waals surface area contributed by atoms with Gasteiger partial charge in [-0.2, -0.15) is 4.39 Å². The van der Waals surface area contributed by atoms with E-state index in [9.17, 15) is 9.18 Å². The molecule has 2 nitrogen and oxygen atoms in total. The molecule has 0 aliphatic heterocycles. The van der Waals surface area contributed by atoms with Crippen LogP contribution in [0.3, 0.4) is 0 Å². The van der Waals surface area contributed by atoms with Crippen molar-refractivity contribution in [3.63, 3.8) is 0 Å². The Bertz CT molecular complexity index is 467. The van der Waals surface area contributed by atoms with Crippen LogP contribution >= 0.6 is 0 Å². The summed E-state index contributed by atoms with van der Waals surface area (Å²) in [6, 6.07) is 7.79. The number of aldehydes is 1. The van der Waals surface area contributed by atoms with Crippen molar-refractivity contribution in [3.05, 3.63) is 41.8 Å². The summed E-state index contributed by atoms with van der Waals surface area (Å²) in [5.41, 5.74) is 1.13. The van der Waals surface area contributed by atoms with E-state index < -0.39 is 5.95 Å². The van der Waals surface area contributed by atoms with Crippen molar-refractivity contribution in [2.75, 3.05) is 0 Å². The van der Waals surface area contributed by atoms with Gasteiger partial charge in [-0.05, 0) is 30.3 Å². The molecule has 0 N–H and O–H groups in total. The molecule has 0 spiro atoms. The first kappa shape index (κ1) is 7.86. The van der Waals surface area contributed by atoms with Gasteiger partial charge in [0, 0.05) is 10.9 Å². The molecule has 1 heterocycles. The largest absolute Gasteiger partial charge is 0.298 e. The number of carbonyl (C=O) groups is 1. The number of benzene rings is 1. The molecule has 0 saturated carbocycles. The fourth-order valence-corrected chi connectivity index (χ4v) is 1.19. The second-order valence-electron chi connectivity index (χ2n) is 2.70. The van der Waals surface area contributed by atoms with Gasteiger partial charge in [-0.15, -0.1) is 0 Å². The van der Waals surface area contributed by atoms with E-state index in [0.717, 1.165) is 11.7 Å². The van der Waals surface area contributed by atoms with Gasteiger partial charge in [-0.25, -0.2) is 4.98 Å². The van der Waals surface area contributed by atoms with E-state index in [1.807, 2.05) is 0 Å². The second kappa shape index (κ2) is 2.94. The number of aromatic nitrogens is 1. The predicted octanol–water partition coefficient (Wildman–Crippen LogP) is 2.19. The van der Waals surface area contributed by atoms with Crippen molar-refractivity contribution < 1.29 is 9.18 Å². The average Bonchev–Trinajstić information content (AvgIpc) is 2.17. The van der Waals surface area contributed by atoms with E-state index >= 15 is 0 Å². The van der Waals surface area contributed by atoms with Crippen molar-refractivity contribution >= 4 is 17.2 Å². The maximum Gasteiger partial charge on any atom is 0.213 e. The highest BCUT2D eigenvalue weighted by Crippen LogP contribution is 2.13. The lowest BCUT2D eigenvalue weighted by atomic mass is 10.1. The van der Waals surface area contributed by atoms with Gasteiger partial charge in [0.2, 0.25) is 5.95 Å². The third-order valence-electron chi connectivity index (χ3n) is 1.82. The summed E-state index contributed by atoms with van der Waals surface area (Å²) in [7, 11) is 0. The van der Waals surface area contributed by atoms with Crippen molar-refractivity contribution in [1.29, 1.82) is 0 Å². The SMILES string of the molecule is O=Cc1ccc2nc(F)ccc2c1. The molecule has 0 unspecified atom stereocenters. The monoisotopic (exact) mass is 175 g/mol. The summed E-state index contributed by atoms with van der Waals surface area (Å²) in [4.78, 5) is 14.1. The summed E-state index contributed by atoms with van der Waals surface area (Å²) in [5.74, 6) is -0.508. The number of rotatable bonds is 1. The number of nitrogens with zero attached hydrogens (tertiary/aromatic N) is 1. The van der Waals surface area contributed by atoms with E-state index in [1.165, 1.54) is 6.07 Å². The fraction of sp³-hybridized carbons (Fsp3) is 0. The fourth-order valence-electron chi connectivity index (χ4n) is 1.19. The number of hydrogen-bond acceptors (Lipinski definition) is 2. The maximum absolute atomic E-state index is 12.6. The van der Waals surface area contributed by atoms with Crippen molar-refractivity contribution in [2.45, 2.75) is 0 Å². The molecular formula is C10H6FNO. The van der Waals surface area contributed by atoms with Crippen molar-refractivity contribution in [2.24, 2.45) is 0 Å². The zero-order valence-electron chi connectivity index (χ0n) is 6.70. The van der Waals surface area contributed by atoms with Crippen LogP contribution in [0.25, 0.3) is 10.9 Å². The molecule has 2 rings (SSSR count). The molecule has 0 aliphatic carbocycles. The number of halogens is 1. The maximum atomic E-state index is 12.6. The van der Waals surface area contributed by atoms with Gasteiger partial charge < -0.3 is 0 Å². The Morgan fingerprint density at radius 2 is 2.08 bits per heavy atom. The summed E-state index contributed by atoms with van der Waals surface area (Å²) >= 11 is 0. The highest BCUT2D eigenvalue weighted by atomic mass is 19.1.